The van der Waals surface area contributed by atoms with Crippen LogP contribution in [0, 0.1) is 5.92 Å². The Kier molecular flexibility index (Phi) is 30.6. The molecule has 3 aromatic carbocycles. The minimum atomic E-state index is -1.69. The van der Waals surface area contributed by atoms with E-state index in [1.807, 2.05) is 32.9 Å². The van der Waals surface area contributed by atoms with Crippen molar-refractivity contribution in [2.24, 2.45) is 5.92 Å². The maximum Gasteiger partial charge on any atom is 0.415 e. The highest BCUT2D eigenvalue weighted by atomic mass is 79.9. The van der Waals surface area contributed by atoms with Crippen LogP contribution in [0.2, 0.25) is 36.3 Å². The first-order valence-electron chi connectivity index (χ1n) is 26.0. The Morgan fingerprint density at radius 2 is 1.00 bits per heavy atom. The number of likely N-dealkylation sites (N-methyl/N-ethyl adjacent to an activating group) is 1. The predicted molar refractivity (Wildman–Crippen MR) is 309 cm³/mol. The Morgan fingerprint density at radius 1 is 0.606 bits per heavy atom. The molecule has 3 rings (SSSR count). The summed E-state index contributed by atoms with van der Waals surface area (Å²) in [7, 11) is -3.36. The van der Waals surface area contributed by atoms with E-state index in [0.717, 1.165) is 35.2 Å². The molecule has 1 atom stereocenters. The molecule has 0 spiro atoms. The van der Waals surface area contributed by atoms with Crippen LogP contribution >= 0.6 is 15.9 Å². The number of carbonyl (C=O) groups is 3. The van der Waals surface area contributed by atoms with Crippen molar-refractivity contribution in [1.82, 2.24) is 20.4 Å². The molecule has 0 heterocycles. The number of alkyl carbamates (subject to hydrolysis) is 1. The van der Waals surface area contributed by atoms with Crippen LogP contribution in [-0.4, -0.2) is 95.4 Å². The number of carbonyl (C=O) groups excluding carboxylic acids is 3. The Labute approximate surface area is 443 Å². The molecule has 0 aliphatic rings. The molecule has 404 valence electrons. The van der Waals surface area contributed by atoms with Crippen LogP contribution in [0.4, 0.5) is 9.59 Å². The molecule has 0 aliphatic heterocycles. The summed E-state index contributed by atoms with van der Waals surface area (Å²) in [6.07, 6.45) is 1.36. The zero-order valence-corrected chi connectivity index (χ0v) is 51.9. The van der Waals surface area contributed by atoms with E-state index in [9.17, 15) is 14.4 Å². The van der Waals surface area contributed by atoms with Gasteiger partial charge in [-0.25, -0.2) is 9.59 Å². The summed E-state index contributed by atoms with van der Waals surface area (Å²) >= 11 is 3.44. The molecule has 14 heteroatoms. The number of nitrogens with one attached hydrogen (secondary N) is 2. The second-order valence-corrected chi connectivity index (χ2v) is 32.2. The van der Waals surface area contributed by atoms with E-state index in [4.69, 9.17) is 18.3 Å². The minimum Gasteiger partial charge on any atom is -0.544 e. The molecule has 2 N–H and O–H groups in total. The van der Waals surface area contributed by atoms with Gasteiger partial charge in [0.2, 0.25) is 22.5 Å². The fraction of sp³-hybridized carbons (Fsp3) is 0.632. The largest absolute Gasteiger partial charge is 0.544 e. The summed E-state index contributed by atoms with van der Waals surface area (Å²) in [5.41, 5.74) is 3.16. The molecule has 0 bridgehead atoms. The van der Waals surface area contributed by atoms with E-state index in [1.165, 1.54) is 35.7 Å². The second-order valence-electron chi connectivity index (χ2n) is 22.2. The predicted octanol–water partition coefficient (Wildman–Crippen LogP) is 15.1. The number of benzene rings is 3. The number of alkyl halides is 1. The van der Waals surface area contributed by atoms with E-state index in [2.05, 4.69) is 182 Å². The van der Waals surface area contributed by atoms with Gasteiger partial charge in [-0.2, -0.15) is 0 Å². The molecule has 0 saturated heterocycles. The molecule has 0 unspecified atom stereocenters. The number of hydrogen-bond acceptors (Lipinski definition) is 8. The van der Waals surface area contributed by atoms with E-state index in [0.29, 0.717) is 18.7 Å². The van der Waals surface area contributed by atoms with Gasteiger partial charge in [-0.1, -0.05) is 142 Å². The molecule has 0 aliphatic carbocycles. The van der Waals surface area contributed by atoms with Crippen molar-refractivity contribution >= 4 is 50.7 Å². The smallest absolute Gasteiger partial charge is 0.415 e. The Balaban J connectivity index is 0.00000105. The van der Waals surface area contributed by atoms with Gasteiger partial charge in [0.25, 0.3) is 0 Å². The maximum absolute atomic E-state index is 12.7. The SMILES string of the molecule is CC(C)(C)[Si](C)(C)Oc1ccc(CBr)cc1.CCN(CC)CC.CCc1ccc(OC(=O)N(CC)CCNC(=O)[C@@H](CC(C)C)NC(=O)OC(C)(C)C)cc1.CCc1ccc(O[Si](C)(C)C(C)(C)C)cc1. The fourth-order valence-corrected chi connectivity index (χ4v) is 8.37. The van der Waals surface area contributed by atoms with Crippen LogP contribution in [-0.2, 0) is 27.7 Å². The number of aryl methyl sites for hydroxylation is 2. The monoisotopic (exact) mass is 1090 g/mol. The quantitative estimate of drug-likeness (QED) is 0.0900. The third-order valence-electron chi connectivity index (χ3n) is 12.7. The van der Waals surface area contributed by atoms with Crippen LogP contribution in [0.15, 0.2) is 72.8 Å². The van der Waals surface area contributed by atoms with Gasteiger partial charge in [-0.05, 0) is 162 Å². The number of ether oxygens (including phenoxy) is 2. The maximum atomic E-state index is 12.7. The Morgan fingerprint density at radius 3 is 1.31 bits per heavy atom. The van der Waals surface area contributed by atoms with Crippen LogP contribution in [0.25, 0.3) is 0 Å². The molecule has 3 amide bonds. The van der Waals surface area contributed by atoms with Crippen LogP contribution in [0.1, 0.15) is 141 Å². The second kappa shape index (κ2) is 32.4. The highest BCUT2D eigenvalue weighted by Crippen LogP contribution is 2.38. The van der Waals surface area contributed by atoms with Crippen LogP contribution in [0.5, 0.6) is 17.2 Å². The normalized spacial score (nSPS) is 12.2. The lowest BCUT2D eigenvalue weighted by atomic mass is 10.0. The summed E-state index contributed by atoms with van der Waals surface area (Å²) in [5, 5.41) is 6.85. The Bertz CT molecular complexity index is 1860. The third kappa shape index (κ3) is 27.7. The number of hydrogen-bond donors (Lipinski definition) is 2. The minimum absolute atomic E-state index is 0.196. The highest BCUT2D eigenvalue weighted by molar-refractivity contribution is 9.08. The molecule has 11 nitrogen and oxygen atoms in total. The molecule has 0 radical (unpaired) electrons. The molecular formula is C57H99BrN4O7Si2. The number of halogens is 1. The standard InChI is InChI=1S/C24H39N3O5.C14H24OSi.C13H21BrOSi.C6H15N/c1-8-18-10-12-19(13-11-18)31-23(30)27(9-2)15-14-25-21(28)20(16-17(3)4)26-22(29)32-24(5,6)7;1-7-12-8-10-13(11-9-12)15-16(5,6)14(2,3)4;1-13(2,3)16(4,5)15-12-8-6-11(10-14)7-9-12;1-4-7(5-2)6-3/h10-13,17,20H,8-9,14-16H2,1-7H3,(H,25,28)(H,26,29);8-11H,7H2,1-6H3;6-9H,10H2,1-5H3;4-6H2,1-3H3/t20-;;;/m1.../s1. The van der Waals surface area contributed by atoms with Gasteiger partial charge < -0.3 is 38.8 Å². The fourth-order valence-electron chi connectivity index (χ4n) is 5.93. The van der Waals surface area contributed by atoms with Crippen molar-refractivity contribution in [3.63, 3.8) is 0 Å². The number of amides is 3. The first kappa shape index (κ1) is 67.1. The molecule has 0 fully saturated rings. The lowest BCUT2D eigenvalue weighted by Crippen LogP contribution is -2.50. The molecule has 0 saturated carbocycles. The van der Waals surface area contributed by atoms with E-state index >= 15 is 0 Å². The van der Waals surface area contributed by atoms with Crippen molar-refractivity contribution in [2.45, 2.75) is 190 Å². The number of rotatable bonds is 19. The van der Waals surface area contributed by atoms with Gasteiger partial charge in [-0.3, -0.25) is 4.79 Å². The summed E-state index contributed by atoms with van der Waals surface area (Å²) in [5.74, 6) is 2.37. The first-order chi connectivity index (χ1) is 32.8. The van der Waals surface area contributed by atoms with E-state index < -0.39 is 40.5 Å². The summed E-state index contributed by atoms with van der Waals surface area (Å²) in [6, 6.07) is 23.5. The Hall–Kier alpha value is -3.86. The van der Waals surface area contributed by atoms with Gasteiger partial charge >= 0.3 is 12.2 Å². The highest BCUT2D eigenvalue weighted by Gasteiger charge is 2.40. The van der Waals surface area contributed by atoms with Crippen LogP contribution in [0.3, 0.4) is 0 Å². The summed E-state index contributed by atoms with van der Waals surface area (Å²) in [6.45, 7) is 49.0. The average Bonchev–Trinajstić information content (AvgIpc) is 3.27. The van der Waals surface area contributed by atoms with Crippen molar-refractivity contribution in [3.8, 4) is 17.2 Å². The summed E-state index contributed by atoms with van der Waals surface area (Å²) < 4.78 is 23.1. The van der Waals surface area contributed by atoms with Crippen molar-refractivity contribution in [2.75, 3.05) is 39.3 Å². The molecular weight excluding hydrogens is 989 g/mol. The molecule has 3 aromatic rings. The molecule has 0 aromatic heterocycles. The van der Waals surface area contributed by atoms with Crippen molar-refractivity contribution < 1.29 is 32.7 Å². The number of nitrogens with zero attached hydrogens (tertiary/aromatic N) is 2. The van der Waals surface area contributed by atoms with Crippen LogP contribution < -0.4 is 24.2 Å². The lowest BCUT2D eigenvalue weighted by Gasteiger charge is -2.36. The average molecular weight is 1090 g/mol. The first-order valence-corrected chi connectivity index (χ1v) is 32.9. The zero-order valence-electron chi connectivity index (χ0n) is 48.3. The third-order valence-corrected chi connectivity index (χ3v) is 22.0. The van der Waals surface area contributed by atoms with Gasteiger partial charge in [0, 0.05) is 25.0 Å². The molecule has 71 heavy (non-hydrogen) atoms. The van der Waals surface area contributed by atoms with Gasteiger partial charge in [0.15, 0.2) is 0 Å². The zero-order chi connectivity index (χ0) is 54.8. The van der Waals surface area contributed by atoms with Gasteiger partial charge in [0.05, 0.1) is 0 Å². The van der Waals surface area contributed by atoms with E-state index in [-0.39, 0.29) is 35.0 Å². The van der Waals surface area contributed by atoms with Gasteiger partial charge in [0.1, 0.15) is 28.9 Å². The lowest BCUT2D eigenvalue weighted by molar-refractivity contribution is -0.123. The van der Waals surface area contributed by atoms with Crippen molar-refractivity contribution in [1.29, 1.82) is 0 Å². The van der Waals surface area contributed by atoms with E-state index in [1.54, 1.807) is 32.9 Å². The summed E-state index contributed by atoms with van der Waals surface area (Å²) in [4.78, 5) is 41.1. The van der Waals surface area contributed by atoms with Gasteiger partial charge in [-0.15, -0.1) is 0 Å². The van der Waals surface area contributed by atoms with Crippen molar-refractivity contribution in [3.05, 3.63) is 89.5 Å². The topological polar surface area (TPSA) is 119 Å².